The minimum Gasteiger partial charge on any atom is -0.464 e. The Labute approximate surface area is 160 Å². The smallest absolute Gasteiger partial charge is 0.329 e. The summed E-state index contributed by atoms with van der Waals surface area (Å²) in [5, 5.41) is -0.00828. The lowest BCUT2D eigenvalue weighted by molar-refractivity contribution is -0.147. The molecule has 0 bridgehead atoms. The van der Waals surface area contributed by atoms with Crippen molar-refractivity contribution >= 4 is 35.2 Å². The maximum atomic E-state index is 14.2. The van der Waals surface area contributed by atoms with Gasteiger partial charge in [-0.3, -0.25) is 4.79 Å². The Bertz CT molecular complexity index is 832. The van der Waals surface area contributed by atoms with Crippen molar-refractivity contribution < 1.29 is 18.7 Å². The molecular weight excluding hydrogens is 377 g/mol. The number of hydrogen-bond acceptors (Lipinski definition) is 4. The topological polar surface area (TPSA) is 46.6 Å². The first kappa shape index (κ1) is 18.7. The number of carbonyl (C=O) groups excluding carboxylic acids is 2. The molecule has 2 aromatic carbocycles. The van der Waals surface area contributed by atoms with Crippen LogP contribution >= 0.6 is 23.4 Å². The van der Waals surface area contributed by atoms with E-state index in [4.69, 9.17) is 16.3 Å². The third-order valence-corrected chi connectivity index (χ3v) is 5.72. The maximum absolute atomic E-state index is 14.2. The number of benzene rings is 2. The first-order chi connectivity index (χ1) is 12.5. The van der Waals surface area contributed by atoms with Gasteiger partial charge in [0.2, 0.25) is 0 Å². The van der Waals surface area contributed by atoms with Crippen LogP contribution in [0.15, 0.2) is 48.5 Å². The van der Waals surface area contributed by atoms with Crippen LogP contribution in [0.1, 0.15) is 28.2 Å². The van der Waals surface area contributed by atoms with Crippen LogP contribution in [0.25, 0.3) is 0 Å². The summed E-state index contributed by atoms with van der Waals surface area (Å²) in [6.45, 7) is 1.91. The van der Waals surface area contributed by atoms with Gasteiger partial charge < -0.3 is 9.64 Å². The number of ether oxygens (including phenoxy) is 1. The van der Waals surface area contributed by atoms with Crippen LogP contribution in [-0.2, 0) is 9.53 Å². The van der Waals surface area contributed by atoms with E-state index < -0.39 is 29.1 Å². The van der Waals surface area contributed by atoms with Crippen molar-refractivity contribution in [2.24, 2.45) is 0 Å². The molecule has 0 saturated carbocycles. The van der Waals surface area contributed by atoms with Gasteiger partial charge in [-0.15, -0.1) is 11.8 Å². The number of carbonyl (C=O) groups is 2. The second-order valence-electron chi connectivity index (χ2n) is 5.67. The second kappa shape index (κ2) is 8.10. The van der Waals surface area contributed by atoms with Gasteiger partial charge in [-0.05, 0) is 25.1 Å². The summed E-state index contributed by atoms with van der Waals surface area (Å²) in [6, 6.07) is 12.1. The minimum atomic E-state index is -0.798. The zero-order chi connectivity index (χ0) is 18.7. The number of nitrogens with zero attached hydrogens (tertiary/aromatic N) is 1. The summed E-state index contributed by atoms with van der Waals surface area (Å²) in [7, 11) is 0. The summed E-state index contributed by atoms with van der Waals surface area (Å²) in [6.07, 6.45) is 0. The molecule has 1 aliphatic heterocycles. The van der Waals surface area contributed by atoms with Crippen LogP contribution < -0.4 is 0 Å². The molecule has 136 valence electrons. The van der Waals surface area contributed by atoms with E-state index in [1.165, 1.54) is 34.9 Å². The Hall–Kier alpha value is -2.05. The SMILES string of the molecule is CCOC(=O)C1CSC(c2ccccc2Cl)N1C(=O)c1ccccc1F. The lowest BCUT2D eigenvalue weighted by Gasteiger charge is -2.29. The van der Waals surface area contributed by atoms with Crippen molar-refractivity contribution in [3.63, 3.8) is 0 Å². The van der Waals surface area contributed by atoms with E-state index in [1.54, 1.807) is 31.2 Å². The third kappa shape index (κ3) is 3.57. The Morgan fingerprint density at radius 1 is 1.23 bits per heavy atom. The predicted octanol–water partition coefficient (Wildman–Crippen LogP) is 4.30. The van der Waals surface area contributed by atoms with Crippen molar-refractivity contribution in [2.45, 2.75) is 18.3 Å². The van der Waals surface area contributed by atoms with Gasteiger partial charge in [0.25, 0.3) is 5.91 Å². The largest absolute Gasteiger partial charge is 0.464 e. The maximum Gasteiger partial charge on any atom is 0.329 e. The van der Waals surface area contributed by atoms with Gasteiger partial charge in [0.1, 0.15) is 17.2 Å². The molecular formula is C19H17ClFNO3S. The summed E-state index contributed by atoms with van der Waals surface area (Å²) < 4.78 is 19.3. The van der Waals surface area contributed by atoms with Crippen LogP contribution in [0.2, 0.25) is 5.02 Å². The van der Waals surface area contributed by atoms with E-state index >= 15 is 0 Å². The van der Waals surface area contributed by atoms with Gasteiger partial charge in [-0.2, -0.15) is 0 Å². The van der Waals surface area contributed by atoms with Crippen molar-refractivity contribution in [2.75, 3.05) is 12.4 Å². The van der Waals surface area contributed by atoms with Crippen molar-refractivity contribution in [3.8, 4) is 0 Å². The number of halogens is 2. The molecule has 3 rings (SSSR count). The Balaban J connectivity index is 2.03. The third-order valence-electron chi connectivity index (χ3n) is 4.07. The van der Waals surface area contributed by atoms with E-state index in [0.717, 1.165) is 0 Å². The number of esters is 1. The molecule has 0 radical (unpaired) electrons. The molecule has 0 N–H and O–H groups in total. The molecule has 2 unspecified atom stereocenters. The first-order valence-corrected chi connectivity index (χ1v) is 9.57. The molecule has 4 nitrogen and oxygen atoms in total. The monoisotopic (exact) mass is 393 g/mol. The quantitative estimate of drug-likeness (QED) is 0.726. The molecule has 0 aliphatic carbocycles. The minimum absolute atomic E-state index is 0.0821. The van der Waals surface area contributed by atoms with Crippen LogP contribution in [0.4, 0.5) is 4.39 Å². The summed E-state index contributed by atoms with van der Waals surface area (Å²) in [5.74, 6) is -1.33. The van der Waals surface area contributed by atoms with E-state index in [9.17, 15) is 14.0 Å². The highest BCUT2D eigenvalue weighted by Crippen LogP contribution is 2.44. The highest BCUT2D eigenvalue weighted by Gasteiger charge is 2.44. The van der Waals surface area contributed by atoms with Gasteiger partial charge in [0.05, 0.1) is 12.2 Å². The Morgan fingerprint density at radius 3 is 2.62 bits per heavy atom. The predicted molar refractivity (Wildman–Crippen MR) is 99.6 cm³/mol. The summed E-state index contributed by atoms with van der Waals surface area (Å²) >= 11 is 7.70. The van der Waals surface area contributed by atoms with Crippen molar-refractivity contribution in [1.29, 1.82) is 0 Å². The molecule has 2 aromatic rings. The number of rotatable bonds is 4. The lowest BCUT2D eigenvalue weighted by atomic mass is 10.1. The van der Waals surface area contributed by atoms with Gasteiger partial charge in [0, 0.05) is 16.3 Å². The molecule has 0 aromatic heterocycles. The highest BCUT2D eigenvalue weighted by molar-refractivity contribution is 7.99. The molecule has 26 heavy (non-hydrogen) atoms. The fraction of sp³-hybridized carbons (Fsp3) is 0.263. The van der Waals surface area contributed by atoms with Crippen molar-refractivity contribution in [1.82, 2.24) is 4.90 Å². The summed E-state index contributed by atoms with van der Waals surface area (Å²) in [4.78, 5) is 26.9. The molecule has 7 heteroatoms. The molecule has 1 heterocycles. The average Bonchev–Trinajstić information content (AvgIpc) is 3.07. The normalized spacial score (nSPS) is 19.4. The van der Waals surface area contributed by atoms with Gasteiger partial charge in [-0.1, -0.05) is 41.9 Å². The lowest BCUT2D eigenvalue weighted by Crippen LogP contribution is -2.44. The fourth-order valence-corrected chi connectivity index (χ4v) is 4.62. The Morgan fingerprint density at radius 2 is 1.92 bits per heavy atom. The van der Waals surface area contributed by atoms with E-state index in [1.807, 2.05) is 6.07 Å². The number of hydrogen-bond donors (Lipinski definition) is 0. The van der Waals surface area contributed by atoms with Gasteiger partial charge in [-0.25, -0.2) is 9.18 Å². The van der Waals surface area contributed by atoms with Crippen LogP contribution in [0, 0.1) is 5.82 Å². The Kier molecular flexibility index (Phi) is 5.84. The van der Waals surface area contributed by atoms with E-state index in [-0.39, 0.29) is 12.2 Å². The molecule has 1 aliphatic rings. The zero-order valence-corrected chi connectivity index (χ0v) is 15.6. The molecule has 1 saturated heterocycles. The number of thioether (sulfide) groups is 1. The standard InChI is InChI=1S/C19H17ClFNO3S/c1-2-25-19(24)16-11-26-18(12-7-3-5-9-14(12)20)22(16)17(23)13-8-4-6-10-15(13)21/h3-10,16,18H,2,11H2,1H3. The van der Waals surface area contributed by atoms with Crippen LogP contribution in [0.5, 0.6) is 0 Å². The van der Waals surface area contributed by atoms with E-state index in [0.29, 0.717) is 16.3 Å². The molecule has 1 fully saturated rings. The highest BCUT2D eigenvalue weighted by atomic mass is 35.5. The average molecular weight is 394 g/mol. The second-order valence-corrected chi connectivity index (χ2v) is 7.19. The number of amides is 1. The van der Waals surface area contributed by atoms with Gasteiger partial charge >= 0.3 is 5.97 Å². The molecule has 2 atom stereocenters. The van der Waals surface area contributed by atoms with E-state index in [2.05, 4.69) is 0 Å². The molecule has 1 amide bonds. The first-order valence-electron chi connectivity index (χ1n) is 8.14. The van der Waals surface area contributed by atoms with Crippen molar-refractivity contribution in [3.05, 3.63) is 70.5 Å². The fourth-order valence-electron chi connectivity index (χ4n) is 2.86. The van der Waals surface area contributed by atoms with Gasteiger partial charge in [0.15, 0.2) is 0 Å². The zero-order valence-electron chi connectivity index (χ0n) is 14.0. The van der Waals surface area contributed by atoms with Crippen LogP contribution in [-0.4, -0.2) is 35.2 Å². The summed E-state index contributed by atoms with van der Waals surface area (Å²) in [5.41, 5.74) is 0.622. The molecule has 0 spiro atoms. The van der Waals surface area contributed by atoms with Crippen LogP contribution in [0.3, 0.4) is 0 Å².